The number of nitriles is 2. The molecule has 0 saturated carbocycles. The van der Waals surface area contributed by atoms with Crippen molar-refractivity contribution >= 4 is 0 Å². The lowest BCUT2D eigenvalue weighted by Crippen LogP contribution is -2.23. The SMILES string of the molecule is CC1=C(C#N)C(c2ccc(F)cc2)C(C#N)=C(C)N1. The monoisotopic (exact) mass is 253 g/mol. The Labute approximate surface area is 111 Å². The zero-order valence-corrected chi connectivity index (χ0v) is 10.7. The van der Waals surface area contributed by atoms with Crippen LogP contribution in [0, 0.1) is 28.5 Å². The molecule has 0 atom stereocenters. The highest BCUT2D eigenvalue weighted by molar-refractivity contribution is 5.54. The van der Waals surface area contributed by atoms with Crippen molar-refractivity contribution < 1.29 is 4.39 Å². The molecule has 1 heterocycles. The number of dihydropyridines is 1. The van der Waals surface area contributed by atoms with Crippen LogP contribution >= 0.6 is 0 Å². The largest absolute Gasteiger partial charge is 0.361 e. The van der Waals surface area contributed by atoms with Crippen molar-refractivity contribution in [1.29, 1.82) is 10.5 Å². The minimum Gasteiger partial charge on any atom is -0.361 e. The van der Waals surface area contributed by atoms with Crippen LogP contribution in [0.3, 0.4) is 0 Å². The zero-order valence-electron chi connectivity index (χ0n) is 10.7. The van der Waals surface area contributed by atoms with E-state index in [1.54, 1.807) is 26.0 Å². The maximum atomic E-state index is 13.0. The Morgan fingerprint density at radius 3 is 1.89 bits per heavy atom. The third-order valence-corrected chi connectivity index (χ3v) is 3.20. The fourth-order valence-electron chi connectivity index (χ4n) is 2.28. The standard InChI is InChI=1S/C15H12FN3/c1-9-13(7-17)15(14(8-18)10(2)19-9)11-3-5-12(16)6-4-11/h3-6,15,19H,1-2H3. The third-order valence-electron chi connectivity index (χ3n) is 3.20. The van der Waals surface area contributed by atoms with Crippen LogP contribution in [0.5, 0.6) is 0 Å². The smallest absolute Gasteiger partial charge is 0.123 e. The van der Waals surface area contributed by atoms with E-state index in [0.717, 1.165) is 17.0 Å². The van der Waals surface area contributed by atoms with E-state index in [9.17, 15) is 14.9 Å². The van der Waals surface area contributed by atoms with Crippen LogP contribution in [0.2, 0.25) is 0 Å². The van der Waals surface area contributed by atoms with Crippen LogP contribution in [-0.2, 0) is 0 Å². The van der Waals surface area contributed by atoms with Crippen molar-refractivity contribution in [3.8, 4) is 12.1 Å². The molecule has 94 valence electrons. The van der Waals surface area contributed by atoms with E-state index in [1.807, 2.05) is 0 Å². The van der Waals surface area contributed by atoms with Gasteiger partial charge in [0.2, 0.25) is 0 Å². The zero-order chi connectivity index (χ0) is 14.0. The summed E-state index contributed by atoms with van der Waals surface area (Å²) in [6.07, 6.45) is 0. The Hall–Kier alpha value is -2.59. The van der Waals surface area contributed by atoms with Gasteiger partial charge < -0.3 is 5.32 Å². The van der Waals surface area contributed by atoms with Gasteiger partial charge in [0.25, 0.3) is 0 Å². The summed E-state index contributed by atoms with van der Waals surface area (Å²) in [7, 11) is 0. The fraction of sp³-hybridized carbons (Fsp3) is 0.200. The Morgan fingerprint density at radius 2 is 1.47 bits per heavy atom. The van der Waals surface area contributed by atoms with Crippen molar-refractivity contribution in [1.82, 2.24) is 5.32 Å². The Morgan fingerprint density at radius 1 is 1.00 bits per heavy atom. The highest BCUT2D eigenvalue weighted by atomic mass is 19.1. The van der Waals surface area contributed by atoms with Gasteiger partial charge >= 0.3 is 0 Å². The van der Waals surface area contributed by atoms with Crippen molar-refractivity contribution in [3.63, 3.8) is 0 Å². The number of halogens is 1. The molecule has 1 N–H and O–H groups in total. The van der Waals surface area contributed by atoms with Gasteiger partial charge in [-0.25, -0.2) is 4.39 Å². The predicted molar refractivity (Wildman–Crippen MR) is 68.9 cm³/mol. The molecule has 0 amide bonds. The van der Waals surface area contributed by atoms with Gasteiger partial charge in [-0.2, -0.15) is 10.5 Å². The molecule has 1 aliphatic rings. The first-order valence-corrected chi connectivity index (χ1v) is 5.82. The number of hydrogen-bond donors (Lipinski definition) is 1. The third kappa shape index (κ3) is 2.21. The van der Waals surface area contributed by atoms with Crippen molar-refractivity contribution in [2.75, 3.05) is 0 Å². The van der Waals surface area contributed by atoms with Gasteiger partial charge in [0.1, 0.15) is 5.82 Å². The quantitative estimate of drug-likeness (QED) is 0.836. The average molecular weight is 253 g/mol. The molecule has 4 heteroatoms. The molecular formula is C15H12FN3. The number of benzene rings is 1. The van der Waals surface area contributed by atoms with E-state index in [2.05, 4.69) is 17.5 Å². The normalized spacial score (nSPS) is 15.8. The summed E-state index contributed by atoms with van der Waals surface area (Å²) in [5.74, 6) is -0.757. The Kier molecular flexibility index (Phi) is 3.35. The van der Waals surface area contributed by atoms with E-state index in [1.165, 1.54) is 12.1 Å². The summed E-state index contributed by atoms with van der Waals surface area (Å²) in [6, 6.07) is 10.2. The first-order valence-electron chi connectivity index (χ1n) is 5.82. The maximum Gasteiger partial charge on any atom is 0.123 e. The van der Waals surface area contributed by atoms with Crippen LogP contribution in [0.1, 0.15) is 25.3 Å². The van der Waals surface area contributed by atoms with E-state index >= 15 is 0 Å². The van der Waals surface area contributed by atoms with Gasteiger partial charge in [0, 0.05) is 11.4 Å². The Balaban J connectivity index is 2.61. The molecule has 0 bridgehead atoms. The second-order valence-corrected chi connectivity index (χ2v) is 4.41. The molecule has 0 aromatic heterocycles. The van der Waals surface area contributed by atoms with Crippen LogP contribution in [0.15, 0.2) is 46.8 Å². The lowest BCUT2D eigenvalue weighted by Gasteiger charge is -2.26. The first kappa shape index (κ1) is 12.9. The molecule has 2 rings (SSSR count). The van der Waals surface area contributed by atoms with E-state index in [4.69, 9.17) is 0 Å². The lowest BCUT2D eigenvalue weighted by molar-refractivity contribution is 0.626. The highest BCUT2D eigenvalue weighted by Crippen LogP contribution is 2.36. The molecule has 0 radical (unpaired) electrons. The van der Waals surface area contributed by atoms with Crippen molar-refractivity contribution in [2.45, 2.75) is 19.8 Å². The molecule has 19 heavy (non-hydrogen) atoms. The maximum absolute atomic E-state index is 13.0. The van der Waals surface area contributed by atoms with Crippen LogP contribution in [0.25, 0.3) is 0 Å². The summed E-state index contributed by atoms with van der Waals surface area (Å²) in [4.78, 5) is 0. The number of allylic oxidation sites excluding steroid dienone is 4. The van der Waals surface area contributed by atoms with Crippen LogP contribution < -0.4 is 5.32 Å². The van der Waals surface area contributed by atoms with Crippen molar-refractivity contribution in [2.24, 2.45) is 0 Å². The lowest BCUT2D eigenvalue weighted by atomic mass is 9.82. The Bertz CT molecular complexity index is 618. The highest BCUT2D eigenvalue weighted by Gasteiger charge is 2.29. The molecule has 0 spiro atoms. The van der Waals surface area contributed by atoms with Gasteiger partial charge in [-0.15, -0.1) is 0 Å². The summed E-state index contributed by atoms with van der Waals surface area (Å²) in [5.41, 5.74) is 3.19. The fourth-order valence-corrected chi connectivity index (χ4v) is 2.28. The minimum absolute atomic E-state index is 0.337. The minimum atomic E-state index is -0.420. The molecule has 1 aliphatic heterocycles. The van der Waals surface area contributed by atoms with E-state index in [0.29, 0.717) is 11.1 Å². The summed E-state index contributed by atoms with van der Waals surface area (Å²) in [6.45, 7) is 3.60. The van der Waals surface area contributed by atoms with Gasteiger partial charge in [-0.1, -0.05) is 12.1 Å². The van der Waals surface area contributed by atoms with Crippen molar-refractivity contribution in [3.05, 3.63) is 58.2 Å². The molecule has 1 aromatic carbocycles. The number of nitrogens with zero attached hydrogens (tertiary/aromatic N) is 2. The van der Waals surface area contributed by atoms with E-state index < -0.39 is 5.92 Å². The van der Waals surface area contributed by atoms with Gasteiger partial charge in [0.15, 0.2) is 0 Å². The van der Waals surface area contributed by atoms with Crippen LogP contribution in [-0.4, -0.2) is 0 Å². The second kappa shape index (κ2) is 4.96. The van der Waals surface area contributed by atoms with Gasteiger partial charge in [-0.3, -0.25) is 0 Å². The topological polar surface area (TPSA) is 59.6 Å². The summed E-state index contributed by atoms with van der Waals surface area (Å²) < 4.78 is 13.0. The van der Waals surface area contributed by atoms with Gasteiger partial charge in [-0.05, 0) is 31.5 Å². The summed E-state index contributed by atoms with van der Waals surface area (Å²) >= 11 is 0. The van der Waals surface area contributed by atoms with Gasteiger partial charge in [0.05, 0.1) is 29.2 Å². The second-order valence-electron chi connectivity index (χ2n) is 4.41. The average Bonchev–Trinajstić information content (AvgIpc) is 2.39. The molecule has 0 fully saturated rings. The number of rotatable bonds is 1. The summed E-state index contributed by atoms with van der Waals surface area (Å²) in [5, 5.41) is 21.6. The molecule has 1 aromatic rings. The predicted octanol–water partition coefficient (Wildman–Crippen LogP) is 3.11. The molecule has 0 unspecified atom stereocenters. The molecule has 0 saturated heterocycles. The molecule has 0 aliphatic carbocycles. The van der Waals surface area contributed by atoms with Crippen LogP contribution in [0.4, 0.5) is 4.39 Å². The van der Waals surface area contributed by atoms with E-state index in [-0.39, 0.29) is 5.82 Å². The first-order chi connectivity index (χ1) is 9.08. The number of hydrogen-bond acceptors (Lipinski definition) is 3. The molecule has 3 nitrogen and oxygen atoms in total. The molecular weight excluding hydrogens is 241 g/mol. The number of nitrogens with one attached hydrogen (secondary N) is 1.